The average molecular weight is 289 g/mol. The van der Waals surface area contributed by atoms with Crippen LogP contribution in [-0.4, -0.2) is 23.6 Å². The molecule has 0 aliphatic carbocycles. The SMILES string of the molecule is CC1(C)CCCN(c2cc(CNC(C)(C)C)ccn2)CC1. The Morgan fingerprint density at radius 2 is 2.00 bits per heavy atom. The molecule has 0 saturated carbocycles. The van der Waals surface area contributed by atoms with Gasteiger partial charge in [-0.2, -0.15) is 0 Å². The average Bonchev–Trinajstić information content (AvgIpc) is 2.57. The lowest BCUT2D eigenvalue weighted by Gasteiger charge is -2.25. The molecule has 0 atom stereocenters. The lowest BCUT2D eigenvalue weighted by molar-refractivity contribution is 0.325. The van der Waals surface area contributed by atoms with Crippen molar-refractivity contribution < 1.29 is 0 Å². The van der Waals surface area contributed by atoms with Crippen molar-refractivity contribution in [3.8, 4) is 0 Å². The molecule has 0 amide bonds. The minimum Gasteiger partial charge on any atom is -0.357 e. The molecule has 2 heterocycles. The van der Waals surface area contributed by atoms with E-state index >= 15 is 0 Å². The first kappa shape index (κ1) is 16.3. The zero-order chi connectivity index (χ0) is 15.5. The van der Waals surface area contributed by atoms with Crippen LogP contribution in [0.4, 0.5) is 5.82 Å². The van der Waals surface area contributed by atoms with Gasteiger partial charge in [-0.3, -0.25) is 0 Å². The zero-order valence-electron chi connectivity index (χ0n) is 14.4. The Balaban J connectivity index is 2.03. The summed E-state index contributed by atoms with van der Waals surface area (Å²) in [5.74, 6) is 1.14. The Hall–Kier alpha value is -1.09. The highest BCUT2D eigenvalue weighted by molar-refractivity contribution is 5.41. The largest absolute Gasteiger partial charge is 0.357 e. The Morgan fingerprint density at radius 3 is 2.71 bits per heavy atom. The van der Waals surface area contributed by atoms with Gasteiger partial charge in [0, 0.05) is 31.4 Å². The van der Waals surface area contributed by atoms with Gasteiger partial charge in [-0.05, 0) is 63.1 Å². The molecule has 118 valence electrons. The summed E-state index contributed by atoms with van der Waals surface area (Å²) in [4.78, 5) is 7.05. The first-order valence-corrected chi connectivity index (χ1v) is 8.20. The number of pyridine rings is 1. The van der Waals surface area contributed by atoms with E-state index in [4.69, 9.17) is 0 Å². The number of nitrogens with zero attached hydrogens (tertiary/aromatic N) is 2. The molecule has 3 heteroatoms. The van der Waals surface area contributed by atoms with Gasteiger partial charge in [0.25, 0.3) is 0 Å². The Labute approximate surface area is 130 Å². The molecule has 0 spiro atoms. The summed E-state index contributed by atoms with van der Waals surface area (Å²) >= 11 is 0. The fourth-order valence-corrected chi connectivity index (χ4v) is 2.76. The molecule has 1 aromatic heterocycles. The maximum atomic E-state index is 4.60. The van der Waals surface area contributed by atoms with Crippen LogP contribution in [0.15, 0.2) is 18.3 Å². The summed E-state index contributed by atoms with van der Waals surface area (Å²) in [6, 6.07) is 4.36. The molecule has 3 nitrogen and oxygen atoms in total. The first-order chi connectivity index (χ1) is 9.75. The minimum atomic E-state index is 0.149. The van der Waals surface area contributed by atoms with Crippen molar-refractivity contribution in [1.29, 1.82) is 0 Å². The number of anilines is 1. The summed E-state index contributed by atoms with van der Waals surface area (Å²) in [5.41, 5.74) is 1.94. The molecule has 1 aromatic rings. The number of hydrogen-bond donors (Lipinski definition) is 1. The molecule has 1 N–H and O–H groups in total. The van der Waals surface area contributed by atoms with E-state index in [1.54, 1.807) is 0 Å². The lowest BCUT2D eigenvalue weighted by atomic mass is 9.85. The number of nitrogens with one attached hydrogen (secondary N) is 1. The van der Waals surface area contributed by atoms with Crippen molar-refractivity contribution in [1.82, 2.24) is 10.3 Å². The van der Waals surface area contributed by atoms with E-state index in [1.807, 2.05) is 6.20 Å². The van der Waals surface area contributed by atoms with Gasteiger partial charge in [0.1, 0.15) is 5.82 Å². The van der Waals surface area contributed by atoms with Gasteiger partial charge < -0.3 is 10.2 Å². The van der Waals surface area contributed by atoms with Gasteiger partial charge in [0.2, 0.25) is 0 Å². The monoisotopic (exact) mass is 289 g/mol. The van der Waals surface area contributed by atoms with Crippen LogP contribution in [0.3, 0.4) is 0 Å². The summed E-state index contributed by atoms with van der Waals surface area (Å²) in [5, 5.41) is 3.55. The Kier molecular flexibility index (Phi) is 4.92. The van der Waals surface area contributed by atoms with Crippen molar-refractivity contribution in [3.05, 3.63) is 23.9 Å². The summed E-state index contributed by atoms with van der Waals surface area (Å²) < 4.78 is 0. The third-order valence-corrected chi connectivity index (χ3v) is 4.30. The van der Waals surface area contributed by atoms with Crippen LogP contribution < -0.4 is 10.2 Å². The smallest absolute Gasteiger partial charge is 0.128 e. The van der Waals surface area contributed by atoms with Crippen LogP contribution in [0.2, 0.25) is 0 Å². The molecule has 0 radical (unpaired) electrons. The topological polar surface area (TPSA) is 28.2 Å². The zero-order valence-corrected chi connectivity index (χ0v) is 14.4. The summed E-state index contributed by atoms with van der Waals surface area (Å²) in [6.45, 7) is 14.5. The quantitative estimate of drug-likeness (QED) is 0.912. The van der Waals surface area contributed by atoms with E-state index in [0.29, 0.717) is 5.41 Å². The van der Waals surface area contributed by atoms with Crippen molar-refractivity contribution in [2.24, 2.45) is 5.41 Å². The summed E-state index contributed by atoms with van der Waals surface area (Å²) in [6.07, 6.45) is 5.78. The van der Waals surface area contributed by atoms with Crippen LogP contribution >= 0.6 is 0 Å². The molecule has 0 aromatic carbocycles. The maximum Gasteiger partial charge on any atom is 0.128 e. The fourth-order valence-electron chi connectivity index (χ4n) is 2.76. The minimum absolute atomic E-state index is 0.149. The molecule has 0 unspecified atom stereocenters. The first-order valence-electron chi connectivity index (χ1n) is 8.20. The normalized spacial score (nSPS) is 19.4. The maximum absolute atomic E-state index is 4.60. The van der Waals surface area contributed by atoms with Gasteiger partial charge in [-0.25, -0.2) is 4.98 Å². The van der Waals surface area contributed by atoms with E-state index < -0.39 is 0 Å². The van der Waals surface area contributed by atoms with Crippen LogP contribution in [0, 0.1) is 5.41 Å². The van der Waals surface area contributed by atoms with Gasteiger partial charge >= 0.3 is 0 Å². The van der Waals surface area contributed by atoms with Gasteiger partial charge in [0.15, 0.2) is 0 Å². The van der Waals surface area contributed by atoms with E-state index in [1.165, 1.54) is 24.8 Å². The van der Waals surface area contributed by atoms with Crippen LogP contribution in [0.25, 0.3) is 0 Å². The van der Waals surface area contributed by atoms with E-state index in [0.717, 1.165) is 25.5 Å². The Morgan fingerprint density at radius 1 is 1.24 bits per heavy atom. The molecule has 1 saturated heterocycles. The van der Waals surface area contributed by atoms with Crippen molar-refractivity contribution in [3.63, 3.8) is 0 Å². The molecule has 1 aliphatic rings. The highest BCUT2D eigenvalue weighted by Gasteiger charge is 2.23. The van der Waals surface area contributed by atoms with E-state index in [-0.39, 0.29) is 5.54 Å². The third kappa shape index (κ3) is 5.31. The highest BCUT2D eigenvalue weighted by Crippen LogP contribution is 2.31. The van der Waals surface area contributed by atoms with Crippen LogP contribution in [0.5, 0.6) is 0 Å². The van der Waals surface area contributed by atoms with E-state index in [9.17, 15) is 0 Å². The molecule has 21 heavy (non-hydrogen) atoms. The second-order valence-electron chi connectivity index (χ2n) is 8.13. The highest BCUT2D eigenvalue weighted by atomic mass is 15.2. The van der Waals surface area contributed by atoms with Gasteiger partial charge in [0.05, 0.1) is 0 Å². The standard InChI is InChI=1S/C18H31N3/c1-17(2,3)20-14-15-7-10-19-16(13-15)21-11-6-8-18(4,5)9-12-21/h7,10,13,20H,6,8-9,11-12,14H2,1-5H3. The lowest BCUT2D eigenvalue weighted by Crippen LogP contribution is -2.35. The molecule has 1 aliphatic heterocycles. The van der Waals surface area contributed by atoms with Crippen LogP contribution in [-0.2, 0) is 6.54 Å². The molecular formula is C18H31N3. The molecule has 0 bridgehead atoms. The molecular weight excluding hydrogens is 258 g/mol. The van der Waals surface area contributed by atoms with Crippen molar-refractivity contribution in [2.45, 2.75) is 66.0 Å². The fraction of sp³-hybridized carbons (Fsp3) is 0.722. The predicted molar refractivity (Wildman–Crippen MR) is 90.7 cm³/mol. The summed E-state index contributed by atoms with van der Waals surface area (Å²) in [7, 11) is 0. The second-order valence-corrected chi connectivity index (χ2v) is 8.13. The van der Waals surface area contributed by atoms with Crippen LogP contribution in [0.1, 0.15) is 59.4 Å². The van der Waals surface area contributed by atoms with E-state index in [2.05, 4.69) is 62.0 Å². The third-order valence-electron chi connectivity index (χ3n) is 4.30. The Bertz CT molecular complexity index is 460. The predicted octanol–water partition coefficient (Wildman–Crippen LogP) is 3.99. The number of aromatic nitrogens is 1. The molecule has 2 rings (SSSR count). The van der Waals surface area contributed by atoms with Crippen molar-refractivity contribution in [2.75, 3.05) is 18.0 Å². The number of rotatable bonds is 3. The van der Waals surface area contributed by atoms with Gasteiger partial charge in [-0.15, -0.1) is 0 Å². The van der Waals surface area contributed by atoms with Gasteiger partial charge in [-0.1, -0.05) is 13.8 Å². The second kappa shape index (κ2) is 6.35. The molecule has 1 fully saturated rings. The van der Waals surface area contributed by atoms with Crippen molar-refractivity contribution >= 4 is 5.82 Å². The number of hydrogen-bond acceptors (Lipinski definition) is 3.